The van der Waals surface area contributed by atoms with Gasteiger partial charge in [-0.1, -0.05) is 30.3 Å². The van der Waals surface area contributed by atoms with Gasteiger partial charge in [-0.25, -0.2) is 26.3 Å². The van der Waals surface area contributed by atoms with E-state index < -0.39 is 32.4 Å². The van der Waals surface area contributed by atoms with E-state index in [1.165, 1.54) is 0 Å². The summed E-state index contributed by atoms with van der Waals surface area (Å²) in [6.07, 6.45) is 0.285. The number of sulfonamides is 1. The van der Waals surface area contributed by atoms with Gasteiger partial charge in [0.05, 0.1) is 0 Å². The summed E-state index contributed by atoms with van der Waals surface area (Å²) in [5.41, 5.74) is 0.792. The van der Waals surface area contributed by atoms with E-state index >= 15 is 0 Å². The Morgan fingerprint density at radius 3 is 2.25 bits per heavy atom. The first kappa shape index (κ1) is 18.4. The van der Waals surface area contributed by atoms with Crippen LogP contribution >= 0.6 is 0 Å². The van der Waals surface area contributed by atoms with E-state index in [-0.39, 0.29) is 31.6 Å². The van der Waals surface area contributed by atoms with Crippen molar-refractivity contribution in [2.75, 3.05) is 13.2 Å². The maximum absolute atomic E-state index is 13.7. The fourth-order valence-electron chi connectivity index (χ4n) is 2.27. The second-order valence-corrected chi connectivity index (χ2v) is 6.90. The van der Waals surface area contributed by atoms with Gasteiger partial charge in [-0.2, -0.15) is 0 Å². The Balaban J connectivity index is 2.21. The molecule has 4 nitrogen and oxygen atoms in total. The van der Waals surface area contributed by atoms with Gasteiger partial charge in [-0.15, -0.1) is 0 Å². The quantitative estimate of drug-likeness (QED) is 0.747. The zero-order valence-electron chi connectivity index (χ0n) is 12.5. The summed E-state index contributed by atoms with van der Waals surface area (Å²) in [6, 6.07) is 9.36. The second kappa shape index (κ2) is 7.78. The smallest absolute Gasteiger partial charge is 0.243 e. The minimum Gasteiger partial charge on any atom is -0.396 e. The van der Waals surface area contributed by atoms with Gasteiger partial charge >= 0.3 is 0 Å². The van der Waals surface area contributed by atoms with Crippen LogP contribution in [0.4, 0.5) is 13.2 Å². The van der Waals surface area contributed by atoms with Gasteiger partial charge in [0, 0.05) is 19.2 Å². The minimum atomic E-state index is -4.36. The molecule has 0 aliphatic heterocycles. The molecule has 0 aromatic heterocycles. The molecular weight excluding hydrogens is 343 g/mol. The van der Waals surface area contributed by atoms with Gasteiger partial charge in [0.15, 0.2) is 11.6 Å². The molecule has 0 aliphatic rings. The third kappa shape index (κ3) is 4.34. The number of halogens is 3. The lowest BCUT2D eigenvalue weighted by molar-refractivity contribution is 0.275. The highest BCUT2D eigenvalue weighted by Crippen LogP contribution is 2.21. The lowest BCUT2D eigenvalue weighted by Crippen LogP contribution is -2.30. The Kier molecular flexibility index (Phi) is 5.98. The molecule has 2 rings (SSSR count). The highest BCUT2D eigenvalue weighted by atomic mass is 32.2. The molecule has 8 heteroatoms. The summed E-state index contributed by atoms with van der Waals surface area (Å²) in [5, 5.41) is 9.13. The van der Waals surface area contributed by atoms with Crippen molar-refractivity contribution in [3.05, 3.63) is 65.5 Å². The van der Waals surface area contributed by atoms with Gasteiger partial charge in [-0.05, 0) is 24.0 Å². The van der Waals surface area contributed by atoms with Crippen LogP contribution in [0.25, 0.3) is 0 Å². The van der Waals surface area contributed by atoms with E-state index in [4.69, 9.17) is 5.11 Å². The molecule has 0 unspecified atom stereocenters. The van der Waals surface area contributed by atoms with Gasteiger partial charge < -0.3 is 5.11 Å². The van der Waals surface area contributed by atoms with Crippen molar-refractivity contribution in [3.8, 4) is 0 Å². The molecule has 0 saturated heterocycles. The van der Waals surface area contributed by atoms with E-state index in [9.17, 15) is 21.6 Å². The first-order valence-corrected chi connectivity index (χ1v) is 8.63. The lowest BCUT2D eigenvalue weighted by Gasteiger charge is -2.17. The molecule has 2 N–H and O–H groups in total. The average Bonchev–Trinajstić information content (AvgIpc) is 2.55. The van der Waals surface area contributed by atoms with E-state index in [2.05, 4.69) is 4.72 Å². The molecule has 0 bridgehead atoms. The summed E-state index contributed by atoms with van der Waals surface area (Å²) in [7, 11) is -4.36. The van der Waals surface area contributed by atoms with Crippen molar-refractivity contribution in [2.24, 2.45) is 0 Å². The van der Waals surface area contributed by atoms with Gasteiger partial charge in [0.1, 0.15) is 10.7 Å². The van der Waals surface area contributed by atoms with Gasteiger partial charge in [0.2, 0.25) is 10.0 Å². The molecule has 0 amide bonds. The summed E-state index contributed by atoms with van der Waals surface area (Å²) in [5.74, 6) is -4.64. The highest BCUT2D eigenvalue weighted by molar-refractivity contribution is 7.89. The second-order valence-electron chi connectivity index (χ2n) is 5.17. The molecule has 1 atom stereocenters. The van der Waals surface area contributed by atoms with Crippen molar-refractivity contribution in [1.82, 2.24) is 4.72 Å². The van der Waals surface area contributed by atoms with Crippen LogP contribution in [-0.4, -0.2) is 26.7 Å². The Bertz CT molecular complexity index is 798. The van der Waals surface area contributed by atoms with E-state index in [1.54, 1.807) is 30.3 Å². The van der Waals surface area contributed by atoms with Crippen LogP contribution in [0.15, 0.2) is 47.4 Å². The molecule has 0 saturated carbocycles. The number of nitrogens with one attached hydrogen (secondary N) is 1. The number of aliphatic hydroxyl groups excluding tert-OH is 1. The van der Waals surface area contributed by atoms with Crippen LogP contribution in [0.2, 0.25) is 0 Å². The minimum absolute atomic E-state index is 0.120. The van der Waals surface area contributed by atoms with Crippen molar-refractivity contribution >= 4 is 10.0 Å². The van der Waals surface area contributed by atoms with Crippen molar-refractivity contribution in [2.45, 2.75) is 17.2 Å². The first-order valence-electron chi connectivity index (χ1n) is 7.15. The number of hydrogen-bond acceptors (Lipinski definition) is 3. The fraction of sp³-hybridized carbons (Fsp3) is 0.250. The molecule has 0 radical (unpaired) electrons. The SMILES string of the molecule is O=S(=O)(NC[C@@H](CCO)c1ccccc1)c1cc(F)c(F)cc1F. The van der Waals surface area contributed by atoms with Crippen molar-refractivity contribution < 1.29 is 26.7 Å². The zero-order valence-corrected chi connectivity index (χ0v) is 13.4. The van der Waals surface area contributed by atoms with Crippen molar-refractivity contribution in [3.63, 3.8) is 0 Å². The number of hydrogen-bond donors (Lipinski definition) is 2. The van der Waals surface area contributed by atoms with Crippen LogP contribution in [0.1, 0.15) is 17.9 Å². The fourth-order valence-corrected chi connectivity index (χ4v) is 3.42. The van der Waals surface area contributed by atoms with E-state index in [1.807, 2.05) is 0 Å². The van der Waals surface area contributed by atoms with E-state index in [0.717, 1.165) is 5.56 Å². The summed E-state index contributed by atoms with van der Waals surface area (Å²) in [4.78, 5) is -0.961. The lowest BCUT2D eigenvalue weighted by atomic mass is 9.96. The Morgan fingerprint density at radius 2 is 1.62 bits per heavy atom. The maximum atomic E-state index is 13.7. The number of rotatable bonds is 7. The Hall–Kier alpha value is -1.90. The molecular formula is C16H16F3NO3S. The van der Waals surface area contributed by atoms with Crippen LogP contribution in [0.3, 0.4) is 0 Å². The van der Waals surface area contributed by atoms with Gasteiger partial charge in [-0.3, -0.25) is 0 Å². The van der Waals surface area contributed by atoms with Gasteiger partial charge in [0.25, 0.3) is 0 Å². The number of aliphatic hydroxyl groups is 1. The number of benzene rings is 2. The molecule has 24 heavy (non-hydrogen) atoms. The summed E-state index contributed by atoms with van der Waals surface area (Å²) in [6.45, 7) is -0.286. The average molecular weight is 359 g/mol. The van der Waals surface area contributed by atoms with Crippen molar-refractivity contribution in [1.29, 1.82) is 0 Å². The maximum Gasteiger partial charge on any atom is 0.243 e. The molecule has 0 heterocycles. The third-order valence-corrected chi connectivity index (χ3v) is 4.97. The molecule has 2 aromatic carbocycles. The molecule has 0 aliphatic carbocycles. The third-order valence-electron chi connectivity index (χ3n) is 3.53. The first-order chi connectivity index (χ1) is 11.3. The van der Waals surface area contributed by atoms with Crippen LogP contribution in [-0.2, 0) is 10.0 Å². The predicted molar refractivity (Wildman–Crippen MR) is 82.4 cm³/mol. The standard InChI is InChI=1S/C16H16F3NO3S/c17-13-8-15(19)16(9-14(13)18)24(22,23)20-10-12(6-7-21)11-4-2-1-3-5-11/h1-5,8-9,12,20-21H,6-7,10H2/t12-/m1/s1. The molecule has 130 valence electrons. The van der Waals surface area contributed by atoms with Crippen LogP contribution < -0.4 is 4.72 Å². The highest BCUT2D eigenvalue weighted by Gasteiger charge is 2.23. The zero-order chi connectivity index (χ0) is 17.7. The summed E-state index contributed by atoms with van der Waals surface area (Å²) >= 11 is 0. The Labute approximate surface area is 138 Å². The summed E-state index contributed by atoms with van der Waals surface area (Å²) < 4.78 is 66.3. The normalized spacial score (nSPS) is 13.0. The monoisotopic (exact) mass is 359 g/mol. The molecule has 2 aromatic rings. The topological polar surface area (TPSA) is 66.4 Å². The predicted octanol–water partition coefficient (Wildman–Crippen LogP) is 2.55. The molecule has 0 fully saturated rings. The van der Waals surface area contributed by atoms with Crippen LogP contribution in [0.5, 0.6) is 0 Å². The van der Waals surface area contributed by atoms with Crippen LogP contribution in [0, 0.1) is 17.5 Å². The Morgan fingerprint density at radius 1 is 1.00 bits per heavy atom. The van der Waals surface area contributed by atoms with E-state index in [0.29, 0.717) is 6.07 Å². The molecule has 0 spiro atoms. The largest absolute Gasteiger partial charge is 0.396 e.